The van der Waals surface area contributed by atoms with Crippen LogP contribution in [0, 0.1) is 5.82 Å². The monoisotopic (exact) mass is 266 g/mol. The van der Waals surface area contributed by atoms with Crippen LogP contribution in [0.2, 0.25) is 0 Å². The molecule has 1 aromatic carbocycles. The summed E-state index contributed by atoms with van der Waals surface area (Å²) >= 11 is 0. The number of nitrogens with zero attached hydrogens (tertiary/aromatic N) is 2. The number of hydrogen-bond donors (Lipinski definition) is 2. The molecule has 1 fully saturated rings. The van der Waals surface area contributed by atoms with Crippen LogP contribution in [-0.4, -0.2) is 60.2 Å². The Kier molecular flexibility index (Phi) is 4.57. The zero-order valence-electron chi connectivity index (χ0n) is 11.4. The quantitative estimate of drug-likeness (QED) is 0.731. The number of likely N-dealkylation sites (tertiary alicyclic amines) is 1. The Labute approximate surface area is 113 Å². The number of hydrogen-bond acceptors (Lipinski definition) is 4. The number of halogens is 1. The Morgan fingerprint density at radius 3 is 2.68 bits per heavy atom. The molecule has 1 atom stereocenters. The second-order valence-electron chi connectivity index (χ2n) is 5.41. The molecule has 4 nitrogen and oxygen atoms in total. The molecule has 0 aromatic heterocycles. The van der Waals surface area contributed by atoms with Crippen molar-refractivity contribution in [3.8, 4) is 0 Å². The van der Waals surface area contributed by atoms with Crippen LogP contribution in [0.25, 0.3) is 0 Å². The molecule has 0 saturated carbocycles. The minimum absolute atomic E-state index is 0.207. The molecular weight excluding hydrogens is 246 g/mol. The van der Waals surface area contributed by atoms with E-state index >= 15 is 0 Å². The van der Waals surface area contributed by atoms with Crippen LogP contribution in [0.4, 0.5) is 4.39 Å². The molecule has 1 aliphatic heterocycles. The van der Waals surface area contributed by atoms with Gasteiger partial charge in [-0.3, -0.25) is 4.90 Å². The maximum Gasteiger partial charge on any atom is 0.488 e. The second-order valence-corrected chi connectivity index (χ2v) is 5.41. The molecule has 19 heavy (non-hydrogen) atoms. The van der Waals surface area contributed by atoms with Gasteiger partial charge in [0, 0.05) is 25.7 Å². The second kappa shape index (κ2) is 6.01. The third-order valence-electron chi connectivity index (χ3n) is 3.66. The predicted molar refractivity (Wildman–Crippen MR) is 73.6 cm³/mol. The fourth-order valence-electron chi connectivity index (χ4n) is 2.55. The normalized spacial score (nSPS) is 20.2. The van der Waals surface area contributed by atoms with Crippen LogP contribution in [0.15, 0.2) is 18.2 Å². The Bertz CT molecular complexity index is 443. The standard InChI is InChI=1S/C13H20BFN2O2/c1-16(2)13-3-4-17(9-13)8-10-5-11(14(18)19)7-12(15)6-10/h5-7,13,18-19H,3-4,8-9H2,1-2H3. The van der Waals surface area contributed by atoms with Gasteiger partial charge in [-0.2, -0.15) is 0 Å². The summed E-state index contributed by atoms with van der Waals surface area (Å²) in [6, 6.07) is 4.79. The van der Waals surface area contributed by atoms with Gasteiger partial charge in [-0.05, 0) is 43.7 Å². The van der Waals surface area contributed by atoms with E-state index in [1.54, 1.807) is 6.07 Å². The van der Waals surface area contributed by atoms with Crippen molar-refractivity contribution in [1.82, 2.24) is 9.80 Å². The van der Waals surface area contributed by atoms with E-state index in [9.17, 15) is 4.39 Å². The highest BCUT2D eigenvalue weighted by atomic mass is 19.1. The lowest BCUT2D eigenvalue weighted by molar-refractivity contribution is 0.264. The average molecular weight is 266 g/mol. The van der Waals surface area contributed by atoms with Crippen LogP contribution in [0.3, 0.4) is 0 Å². The highest BCUT2D eigenvalue weighted by Gasteiger charge is 2.24. The molecule has 1 saturated heterocycles. The minimum atomic E-state index is -1.62. The third kappa shape index (κ3) is 3.76. The van der Waals surface area contributed by atoms with Crippen molar-refractivity contribution in [2.45, 2.75) is 19.0 Å². The van der Waals surface area contributed by atoms with Gasteiger partial charge in [0.25, 0.3) is 0 Å². The zero-order valence-corrected chi connectivity index (χ0v) is 11.4. The van der Waals surface area contributed by atoms with Crippen LogP contribution < -0.4 is 5.46 Å². The summed E-state index contributed by atoms with van der Waals surface area (Å²) in [7, 11) is 2.51. The zero-order chi connectivity index (χ0) is 14.0. The van der Waals surface area contributed by atoms with Crippen molar-refractivity contribution < 1.29 is 14.4 Å². The largest absolute Gasteiger partial charge is 0.488 e. The van der Waals surface area contributed by atoms with E-state index in [0.29, 0.717) is 12.6 Å². The number of likely N-dealkylation sites (N-methyl/N-ethyl adjacent to an activating group) is 1. The summed E-state index contributed by atoms with van der Waals surface area (Å²) < 4.78 is 13.4. The third-order valence-corrected chi connectivity index (χ3v) is 3.66. The van der Waals surface area contributed by atoms with E-state index in [2.05, 4.69) is 23.9 Å². The summed E-state index contributed by atoms with van der Waals surface area (Å²) in [6.45, 7) is 2.58. The highest BCUT2D eigenvalue weighted by Crippen LogP contribution is 2.16. The summed E-state index contributed by atoms with van der Waals surface area (Å²) in [4.78, 5) is 4.46. The first-order valence-corrected chi connectivity index (χ1v) is 6.50. The first kappa shape index (κ1) is 14.5. The molecule has 0 bridgehead atoms. The van der Waals surface area contributed by atoms with Crippen LogP contribution >= 0.6 is 0 Å². The van der Waals surface area contributed by atoms with Gasteiger partial charge in [0.2, 0.25) is 0 Å². The molecule has 0 radical (unpaired) electrons. The molecule has 1 aromatic rings. The molecule has 0 spiro atoms. The van der Waals surface area contributed by atoms with Crippen LogP contribution in [0.5, 0.6) is 0 Å². The summed E-state index contributed by atoms with van der Waals surface area (Å²) in [5.74, 6) is -0.427. The minimum Gasteiger partial charge on any atom is -0.423 e. The average Bonchev–Trinajstić information content (AvgIpc) is 2.76. The summed E-state index contributed by atoms with van der Waals surface area (Å²) in [5.41, 5.74) is 0.987. The van der Waals surface area contributed by atoms with E-state index < -0.39 is 12.9 Å². The van der Waals surface area contributed by atoms with Gasteiger partial charge in [0.1, 0.15) is 5.82 Å². The summed E-state index contributed by atoms with van der Waals surface area (Å²) in [5, 5.41) is 18.2. The van der Waals surface area contributed by atoms with Crippen molar-refractivity contribution in [3.63, 3.8) is 0 Å². The molecule has 104 valence electrons. The summed E-state index contributed by atoms with van der Waals surface area (Å²) in [6.07, 6.45) is 1.11. The molecule has 1 unspecified atom stereocenters. The van der Waals surface area contributed by atoms with E-state index in [0.717, 1.165) is 31.1 Å². The fourth-order valence-corrected chi connectivity index (χ4v) is 2.55. The molecule has 0 aliphatic carbocycles. The van der Waals surface area contributed by atoms with Crippen molar-refractivity contribution in [1.29, 1.82) is 0 Å². The Morgan fingerprint density at radius 1 is 1.37 bits per heavy atom. The lowest BCUT2D eigenvalue weighted by Crippen LogP contribution is -2.32. The van der Waals surface area contributed by atoms with E-state index in [1.807, 2.05) is 0 Å². The fraction of sp³-hybridized carbons (Fsp3) is 0.538. The highest BCUT2D eigenvalue weighted by molar-refractivity contribution is 6.58. The Hall–Kier alpha value is -0.945. The van der Waals surface area contributed by atoms with Gasteiger partial charge in [-0.25, -0.2) is 4.39 Å². The van der Waals surface area contributed by atoms with Gasteiger partial charge in [0.15, 0.2) is 0 Å². The van der Waals surface area contributed by atoms with E-state index in [4.69, 9.17) is 10.0 Å². The molecule has 1 aliphatic rings. The Morgan fingerprint density at radius 2 is 2.11 bits per heavy atom. The lowest BCUT2D eigenvalue weighted by Gasteiger charge is -2.20. The van der Waals surface area contributed by atoms with Gasteiger partial charge in [0.05, 0.1) is 0 Å². The maximum atomic E-state index is 13.4. The topological polar surface area (TPSA) is 46.9 Å². The molecule has 2 N–H and O–H groups in total. The van der Waals surface area contributed by atoms with Crippen LogP contribution in [-0.2, 0) is 6.54 Å². The van der Waals surface area contributed by atoms with E-state index in [-0.39, 0.29) is 5.46 Å². The van der Waals surface area contributed by atoms with E-state index in [1.165, 1.54) is 6.07 Å². The molecule has 0 amide bonds. The maximum absolute atomic E-state index is 13.4. The Balaban J connectivity index is 2.04. The van der Waals surface area contributed by atoms with Crippen LogP contribution in [0.1, 0.15) is 12.0 Å². The van der Waals surface area contributed by atoms with Crippen molar-refractivity contribution in [2.75, 3.05) is 27.2 Å². The van der Waals surface area contributed by atoms with Gasteiger partial charge >= 0.3 is 7.12 Å². The lowest BCUT2D eigenvalue weighted by atomic mass is 9.79. The first-order valence-electron chi connectivity index (χ1n) is 6.50. The number of benzene rings is 1. The molecular formula is C13H20BFN2O2. The predicted octanol–water partition coefficient (Wildman–Crippen LogP) is -0.359. The van der Waals surface area contributed by atoms with Gasteiger partial charge in [-0.1, -0.05) is 6.07 Å². The van der Waals surface area contributed by atoms with Crippen molar-refractivity contribution >= 4 is 12.6 Å². The SMILES string of the molecule is CN(C)C1CCN(Cc2cc(F)cc(B(O)O)c2)C1. The molecule has 2 rings (SSSR count). The van der Waals surface area contributed by atoms with Gasteiger partial charge in [-0.15, -0.1) is 0 Å². The van der Waals surface area contributed by atoms with Crippen molar-refractivity contribution in [2.24, 2.45) is 0 Å². The van der Waals surface area contributed by atoms with Gasteiger partial charge < -0.3 is 14.9 Å². The van der Waals surface area contributed by atoms with Crippen molar-refractivity contribution in [3.05, 3.63) is 29.6 Å². The molecule has 6 heteroatoms. The molecule has 1 heterocycles. The smallest absolute Gasteiger partial charge is 0.423 e. The first-order chi connectivity index (χ1) is 8.95. The number of rotatable bonds is 4.